The molecule has 1 heterocycles. The molecule has 0 saturated heterocycles. The first-order valence-electron chi connectivity index (χ1n) is 4.66. The highest BCUT2D eigenvalue weighted by atomic mass is 35.5. The van der Waals surface area contributed by atoms with Gasteiger partial charge in [-0.05, 0) is 24.3 Å². The second-order valence-electron chi connectivity index (χ2n) is 3.30. The second-order valence-corrected chi connectivity index (χ2v) is 7.33. The predicted octanol–water partition coefficient (Wildman–Crippen LogP) is 3.56. The van der Waals surface area contributed by atoms with Crippen LogP contribution in [0.2, 0.25) is 9.36 Å². The van der Waals surface area contributed by atoms with Gasteiger partial charge in [-0.2, -0.15) is 0 Å². The number of phenolic OH excluding ortho intramolecular Hbond substituents is 1. The fraction of sp³-hybridized carbons (Fsp3) is 0. The first kappa shape index (κ1) is 13.5. The van der Waals surface area contributed by atoms with E-state index in [0.717, 1.165) is 11.3 Å². The minimum Gasteiger partial charge on any atom is -0.504 e. The van der Waals surface area contributed by atoms with Gasteiger partial charge in [-0.3, -0.25) is 4.72 Å². The number of benzene rings is 1. The van der Waals surface area contributed by atoms with E-state index in [0.29, 0.717) is 4.34 Å². The molecule has 0 unspecified atom stereocenters. The molecule has 18 heavy (non-hydrogen) atoms. The van der Waals surface area contributed by atoms with Crippen molar-refractivity contribution in [1.82, 2.24) is 0 Å². The van der Waals surface area contributed by atoms with Crippen molar-refractivity contribution in [1.29, 1.82) is 0 Å². The van der Waals surface area contributed by atoms with Crippen molar-refractivity contribution < 1.29 is 13.5 Å². The molecule has 0 amide bonds. The highest BCUT2D eigenvalue weighted by Crippen LogP contribution is 2.34. The number of sulfonamides is 1. The highest BCUT2D eigenvalue weighted by molar-refractivity contribution is 7.94. The van der Waals surface area contributed by atoms with E-state index in [2.05, 4.69) is 4.72 Å². The van der Waals surface area contributed by atoms with Gasteiger partial charge in [0.1, 0.15) is 4.21 Å². The van der Waals surface area contributed by atoms with Crippen LogP contribution < -0.4 is 4.72 Å². The summed E-state index contributed by atoms with van der Waals surface area (Å²) in [7, 11) is -3.77. The van der Waals surface area contributed by atoms with Crippen LogP contribution in [0.4, 0.5) is 5.69 Å². The standard InChI is InChI=1S/C10H7Cl2NO3S2/c11-6-2-1-3-7(10(6)14)13-18(15,16)9-5-4-8(12)17-9/h1-5,13-14H. The average molecular weight is 324 g/mol. The Morgan fingerprint density at radius 3 is 2.50 bits per heavy atom. The van der Waals surface area contributed by atoms with Gasteiger partial charge in [0.25, 0.3) is 10.0 Å². The SMILES string of the molecule is O=S(=O)(Nc1cccc(Cl)c1O)c1ccc(Cl)s1. The van der Waals surface area contributed by atoms with Gasteiger partial charge >= 0.3 is 0 Å². The van der Waals surface area contributed by atoms with Crippen LogP contribution in [0, 0.1) is 0 Å². The van der Waals surface area contributed by atoms with E-state index in [-0.39, 0.29) is 20.7 Å². The minimum atomic E-state index is -3.77. The molecule has 2 rings (SSSR count). The fourth-order valence-electron chi connectivity index (χ4n) is 1.23. The molecule has 0 bridgehead atoms. The Labute approximate surface area is 118 Å². The first-order chi connectivity index (χ1) is 8.40. The van der Waals surface area contributed by atoms with Gasteiger partial charge in [0.05, 0.1) is 15.0 Å². The zero-order chi connectivity index (χ0) is 13.3. The van der Waals surface area contributed by atoms with Gasteiger partial charge in [-0.25, -0.2) is 8.42 Å². The molecule has 8 heteroatoms. The predicted molar refractivity (Wildman–Crippen MR) is 73.3 cm³/mol. The Balaban J connectivity index is 2.37. The summed E-state index contributed by atoms with van der Waals surface area (Å²) in [4.78, 5) is 0. The largest absolute Gasteiger partial charge is 0.504 e. The zero-order valence-electron chi connectivity index (χ0n) is 8.72. The molecule has 0 saturated carbocycles. The molecule has 0 aliphatic heterocycles. The summed E-state index contributed by atoms with van der Waals surface area (Å²) >= 11 is 12.3. The number of thiophene rings is 1. The van der Waals surface area contributed by atoms with Crippen LogP contribution in [0.3, 0.4) is 0 Å². The molecule has 0 fully saturated rings. The average Bonchev–Trinajstić information content (AvgIpc) is 2.72. The smallest absolute Gasteiger partial charge is 0.271 e. The Hall–Kier alpha value is -0.950. The van der Waals surface area contributed by atoms with E-state index in [1.54, 1.807) is 0 Å². The number of hydrogen-bond donors (Lipinski definition) is 2. The zero-order valence-corrected chi connectivity index (χ0v) is 11.9. The molecule has 1 aromatic carbocycles. The number of halogens is 2. The number of aromatic hydroxyl groups is 1. The number of phenols is 1. The van der Waals surface area contributed by atoms with Crippen molar-refractivity contribution in [3.05, 3.63) is 39.7 Å². The number of anilines is 1. The number of nitrogens with one attached hydrogen (secondary N) is 1. The van der Waals surface area contributed by atoms with Crippen LogP contribution in [-0.4, -0.2) is 13.5 Å². The number of rotatable bonds is 3. The normalized spacial score (nSPS) is 11.4. The third kappa shape index (κ3) is 2.72. The summed E-state index contributed by atoms with van der Waals surface area (Å²) in [6.07, 6.45) is 0. The quantitative estimate of drug-likeness (QED) is 0.849. The Morgan fingerprint density at radius 2 is 1.89 bits per heavy atom. The Kier molecular flexibility index (Phi) is 3.72. The van der Waals surface area contributed by atoms with E-state index in [1.165, 1.54) is 30.3 Å². The molecule has 0 aliphatic rings. The van der Waals surface area contributed by atoms with Gasteiger partial charge in [0.2, 0.25) is 0 Å². The fourth-order valence-corrected chi connectivity index (χ4v) is 3.96. The van der Waals surface area contributed by atoms with E-state index in [4.69, 9.17) is 23.2 Å². The third-order valence-corrected chi connectivity index (χ3v) is 5.44. The molecule has 1 aromatic heterocycles. The summed E-state index contributed by atoms with van der Waals surface area (Å²) in [5.41, 5.74) is 0.0204. The van der Waals surface area contributed by atoms with Gasteiger partial charge in [-0.15, -0.1) is 11.3 Å². The lowest BCUT2D eigenvalue weighted by Crippen LogP contribution is -2.11. The molecule has 96 valence electrons. The molecule has 2 N–H and O–H groups in total. The molecule has 0 spiro atoms. The molecule has 0 aliphatic carbocycles. The summed E-state index contributed by atoms with van der Waals surface area (Å²) in [6.45, 7) is 0. The maximum absolute atomic E-state index is 12.0. The maximum Gasteiger partial charge on any atom is 0.271 e. The lowest BCUT2D eigenvalue weighted by molar-refractivity contribution is 0.478. The van der Waals surface area contributed by atoms with Crippen molar-refractivity contribution in [3.8, 4) is 5.75 Å². The van der Waals surface area contributed by atoms with Gasteiger partial charge in [0, 0.05) is 0 Å². The van der Waals surface area contributed by atoms with Crippen LogP contribution in [0.15, 0.2) is 34.5 Å². The Bertz CT molecular complexity index is 682. The van der Waals surface area contributed by atoms with E-state index in [9.17, 15) is 13.5 Å². The molecule has 2 aromatic rings. The summed E-state index contributed by atoms with van der Waals surface area (Å²) < 4.78 is 26.6. The summed E-state index contributed by atoms with van der Waals surface area (Å²) in [5.74, 6) is -0.314. The highest BCUT2D eigenvalue weighted by Gasteiger charge is 2.18. The van der Waals surface area contributed by atoms with Crippen LogP contribution in [0.1, 0.15) is 0 Å². The Morgan fingerprint density at radius 1 is 1.17 bits per heavy atom. The molecule has 0 atom stereocenters. The number of hydrogen-bond acceptors (Lipinski definition) is 4. The summed E-state index contributed by atoms with van der Waals surface area (Å²) in [5, 5.41) is 9.70. The lowest BCUT2D eigenvalue weighted by atomic mass is 10.3. The minimum absolute atomic E-state index is 0.0204. The van der Waals surface area contributed by atoms with Crippen LogP contribution in [0.5, 0.6) is 5.75 Å². The van der Waals surface area contributed by atoms with E-state index < -0.39 is 10.0 Å². The van der Waals surface area contributed by atoms with Gasteiger partial charge in [0.15, 0.2) is 5.75 Å². The van der Waals surface area contributed by atoms with Crippen molar-refractivity contribution in [3.63, 3.8) is 0 Å². The van der Waals surface area contributed by atoms with E-state index >= 15 is 0 Å². The van der Waals surface area contributed by atoms with Crippen molar-refractivity contribution >= 4 is 50.2 Å². The topological polar surface area (TPSA) is 66.4 Å². The maximum atomic E-state index is 12.0. The van der Waals surface area contributed by atoms with Crippen molar-refractivity contribution in [2.75, 3.05) is 4.72 Å². The molecule has 0 radical (unpaired) electrons. The summed E-state index contributed by atoms with van der Waals surface area (Å²) in [6, 6.07) is 7.27. The van der Waals surface area contributed by atoms with Gasteiger partial charge < -0.3 is 5.11 Å². The van der Waals surface area contributed by atoms with Crippen molar-refractivity contribution in [2.45, 2.75) is 4.21 Å². The molecular formula is C10H7Cl2NO3S2. The first-order valence-corrected chi connectivity index (χ1v) is 7.71. The van der Waals surface area contributed by atoms with Crippen molar-refractivity contribution in [2.24, 2.45) is 0 Å². The van der Waals surface area contributed by atoms with E-state index in [1.807, 2.05) is 0 Å². The second kappa shape index (κ2) is 4.97. The van der Waals surface area contributed by atoms with Gasteiger partial charge in [-0.1, -0.05) is 29.3 Å². The molecule has 4 nitrogen and oxygen atoms in total. The molecular weight excluding hydrogens is 317 g/mol. The van der Waals surface area contributed by atoms with Crippen LogP contribution in [0.25, 0.3) is 0 Å². The van der Waals surface area contributed by atoms with Crippen LogP contribution in [-0.2, 0) is 10.0 Å². The van der Waals surface area contributed by atoms with Crippen LogP contribution >= 0.6 is 34.5 Å². The third-order valence-electron chi connectivity index (χ3n) is 2.04. The monoisotopic (exact) mass is 323 g/mol. The number of para-hydroxylation sites is 1. The lowest BCUT2D eigenvalue weighted by Gasteiger charge is -2.08.